The van der Waals surface area contributed by atoms with E-state index in [-0.39, 0.29) is 23.9 Å². The SMILES string of the molecule is C=C/C(C#N)=C\C=C(/C)C#CCN1CCC(C(C#N)(c2ccccc2)[C@H]2CCC[C@@H]2OC(C)=O)CC1. The summed E-state index contributed by atoms with van der Waals surface area (Å²) in [5.74, 6) is 6.32. The molecule has 5 nitrogen and oxygen atoms in total. The Hall–Kier alpha value is -3.59. The van der Waals surface area contributed by atoms with Crippen molar-refractivity contribution in [2.24, 2.45) is 11.8 Å². The number of nitrogens with zero attached hydrogens (tertiary/aromatic N) is 3. The minimum atomic E-state index is -0.676. The van der Waals surface area contributed by atoms with E-state index in [0.717, 1.165) is 56.3 Å². The lowest BCUT2D eigenvalue weighted by atomic mass is 9.59. The van der Waals surface area contributed by atoms with Crippen LogP contribution < -0.4 is 0 Å². The van der Waals surface area contributed by atoms with Gasteiger partial charge in [0.15, 0.2) is 0 Å². The number of benzene rings is 1. The van der Waals surface area contributed by atoms with Gasteiger partial charge in [0.25, 0.3) is 0 Å². The van der Waals surface area contributed by atoms with Crippen molar-refractivity contribution < 1.29 is 9.53 Å². The van der Waals surface area contributed by atoms with Crippen molar-refractivity contribution in [3.05, 3.63) is 71.8 Å². The number of allylic oxidation sites excluding steroid dienone is 5. The van der Waals surface area contributed by atoms with Crippen molar-refractivity contribution in [1.29, 1.82) is 10.5 Å². The lowest BCUT2D eigenvalue weighted by Gasteiger charge is -2.45. The maximum absolute atomic E-state index is 11.8. The smallest absolute Gasteiger partial charge is 0.302 e. The van der Waals surface area contributed by atoms with Gasteiger partial charge in [-0.15, -0.1) is 0 Å². The fourth-order valence-corrected chi connectivity index (χ4v) is 5.75. The van der Waals surface area contributed by atoms with Crippen molar-refractivity contribution >= 4 is 5.97 Å². The maximum Gasteiger partial charge on any atom is 0.302 e. The minimum Gasteiger partial charge on any atom is -0.462 e. The first kappa shape index (κ1) is 27.0. The molecule has 1 heterocycles. The maximum atomic E-state index is 11.8. The topological polar surface area (TPSA) is 77.1 Å². The van der Waals surface area contributed by atoms with E-state index in [1.165, 1.54) is 13.0 Å². The molecule has 0 spiro atoms. The number of piperidine rings is 1. The number of hydrogen-bond acceptors (Lipinski definition) is 5. The van der Waals surface area contributed by atoms with Crippen LogP contribution >= 0.6 is 0 Å². The molecule has 0 bridgehead atoms. The Kier molecular flexibility index (Phi) is 9.69. The summed E-state index contributed by atoms with van der Waals surface area (Å²) in [5, 5.41) is 19.7. The van der Waals surface area contributed by atoms with Gasteiger partial charge in [-0.1, -0.05) is 54.8 Å². The molecule has 1 unspecified atom stereocenters. The second kappa shape index (κ2) is 12.9. The van der Waals surface area contributed by atoms with E-state index in [1.807, 2.05) is 31.2 Å². The summed E-state index contributed by atoms with van der Waals surface area (Å²) in [4.78, 5) is 14.2. The molecule has 1 aromatic carbocycles. The van der Waals surface area contributed by atoms with Crippen LogP contribution in [0.3, 0.4) is 0 Å². The van der Waals surface area contributed by atoms with Crippen LogP contribution in [-0.4, -0.2) is 36.6 Å². The number of likely N-dealkylation sites (tertiary alicyclic amines) is 1. The molecule has 0 radical (unpaired) electrons. The second-order valence-electron chi connectivity index (χ2n) is 9.67. The van der Waals surface area contributed by atoms with Crippen LogP contribution in [0.1, 0.15) is 51.5 Å². The van der Waals surface area contributed by atoms with E-state index < -0.39 is 5.41 Å². The molecule has 186 valence electrons. The van der Waals surface area contributed by atoms with E-state index >= 15 is 0 Å². The number of rotatable bonds is 7. The summed E-state index contributed by atoms with van der Waals surface area (Å²) in [6.45, 7) is 9.42. The van der Waals surface area contributed by atoms with Crippen LogP contribution in [-0.2, 0) is 14.9 Å². The van der Waals surface area contributed by atoms with E-state index in [0.29, 0.717) is 12.1 Å². The summed E-state index contributed by atoms with van der Waals surface area (Å²) in [6, 6.07) is 15.0. The Balaban J connectivity index is 1.74. The fraction of sp³-hybridized carbons (Fsp3) is 0.452. The predicted octanol–water partition coefficient (Wildman–Crippen LogP) is 5.48. The third kappa shape index (κ3) is 6.34. The number of hydrogen-bond donors (Lipinski definition) is 0. The molecule has 3 rings (SSSR count). The highest BCUT2D eigenvalue weighted by Crippen LogP contribution is 2.50. The van der Waals surface area contributed by atoms with Crippen LogP contribution in [0.2, 0.25) is 0 Å². The van der Waals surface area contributed by atoms with Crippen molar-refractivity contribution in [2.75, 3.05) is 19.6 Å². The largest absolute Gasteiger partial charge is 0.462 e. The zero-order chi connectivity index (χ0) is 26.0. The zero-order valence-corrected chi connectivity index (χ0v) is 21.4. The molecule has 2 fully saturated rings. The number of esters is 1. The Morgan fingerprint density at radius 2 is 1.86 bits per heavy atom. The Morgan fingerprint density at radius 1 is 1.14 bits per heavy atom. The van der Waals surface area contributed by atoms with Gasteiger partial charge < -0.3 is 4.74 Å². The number of carbonyl (C=O) groups is 1. The molecule has 0 N–H and O–H groups in total. The van der Waals surface area contributed by atoms with E-state index in [2.05, 4.69) is 47.6 Å². The van der Waals surface area contributed by atoms with Gasteiger partial charge in [0.1, 0.15) is 6.10 Å². The van der Waals surface area contributed by atoms with Gasteiger partial charge >= 0.3 is 5.97 Å². The molecule has 36 heavy (non-hydrogen) atoms. The van der Waals surface area contributed by atoms with Gasteiger partial charge in [0.05, 0.1) is 29.7 Å². The molecule has 1 saturated carbocycles. The van der Waals surface area contributed by atoms with Crippen molar-refractivity contribution in [3.63, 3.8) is 0 Å². The van der Waals surface area contributed by atoms with Gasteiger partial charge in [-0.25, -0.2) is 0 Å². The average molecular weight is 482 g/mol. The Labute approximate surface area is 215 Å². The third-order valence-corrected chi connectivity index (χ3v) is 7.47. The molecule has 1 aromatic rings. The average Bonchev–Trinajstić information content (AvgIpc) is 3.34. The summed E-state index contributed by atoms with van der Waals surface area (Å²) in [6.07, 6.45) is 9.35. The van der Waals surface area contributed by atoms with Gasteiger partial charge in [0.2, 0.25) is 0 Å². The number of ether oxygens (including phenoxy) is 1. The molecule has 3 atom stereocenters. The summed E-state index contributed by atoms with van der Waals surface area (Å²) in [7, 11) is 0. The molecule has 0 aromatic heterocycles. The van der Waals surface area contributed by atoms with Gasteiger partial charge in [-0.05, 0) is 81.3 Å². The molecule has 1 aliphatic carbocycles. The Morgan fingerprint density at radius 3 is 2.47 bits per heavy atom. The molecule has 2 aliphatic rings. The summed E-state index contributed by atoms with van der Waals surface area (Å²) >= 11 is 0. The fourth-order valence-electron chi connectivity index (χ4n) is 5.75. The summed E-state index contributed by atoms with van der Waals surface area (Å²) < 4.78 is 5.74. The van der Waals surface area contributed by atoms with Crippen LogP contribution in [0.15, 0.2) is 66.3 Å². The van der Waals surface area contributed by atoms with E-state index in [4.69, 9.17) is 10.00 Å². The molecule has 5 heteroatoms. The van der Waals surface area contributed by atoms with Gasteiger partial charge in [-0.2, -0.15) is 10.5 Å². The first-order valence-corrected chi connectivity index (χ1v) is 12.7. The normalized spacial score (nSPS) is 22.9. The lowest BCUT2D eigenvalue weighted by molar-refractivity contribution is -0.149. The molecular formula is C31H35N3O2. The summed E-state index contributed by atoms with van der Waals surface area (Å²) in [5.41, 5.74) is 1.77. The lowest BCUT2D eigenvalue weighted by Crippen LogP contribution is -2.49. The first-order valence-electron chi connectivity index (χ1n) is 12.7. The molecule has 0 amide bonds. The Bertz CT molecular complexity index is 1130. The monoisotopic (exact) mass is 481 g/mol. The minimum absolute atomic E-state index is 0.000138. The highest BCUT2D eigenvalue weighted by atomic mass is 16.5. The van der Waals surface area contributed by atoms with Crippen LogP contribution in [0.4, 0.5) is 0 Å². The van der Waals surface area contributed by atoms with Crippen LogP contribution in [0, 0.1) is 46.3 Å². The van der Waals surface area contributed by atoms with Crippen LogP contribution in [0.5, 0.6) is 0 Å². The molecule has 1 saturated heterocycles. The van der Waals surface area contributed by atoms with Crippen LogP contribution in [0.25, 0.3) is 0 Å². The number of carbonyl (C=O) groups excluding carboxylic acids is 1. The number of nitriles is 2. The quantitative estimate of drug-likeness (QED) is 0.223. The van der Waals surface area contributed by atoms with Gasteiger partial charge in [-0.3, -0.25) is 9.69 Å². The van der Waals surface area contributed by atoms with E-state index in [1.54, 1.807) is 6.08 Å². The van der Waals surface area contributed by atoms with Gasteiger partial charge in [0, 0.05) is 12.8 Å². The highest BCUT2D eigenvalue weighted by Gasteiger charge is 2.53. The van der Waals surface area contributed by atoms with Crippen molar-refractivity contribution in [2.45, 2.75) is 57.5 Å². The predicted molar refractivity (Wildman–Crippen MR) is 141 cm³/mol. The molecule has 1 aliphatic heterocycles. The second-order valence-corrected chi connectivity index (χ2v) is 9.67. The first-order chi connectivity index (χ1) is 17.4. The molecular weight excluding hydrogens is 446 g/mol. The van der Waals surface area contributed by atoms with Crippen molar-refractivity contribution in [3.8, 4) is 24.0 Å². The standard InChI is InChI=1S/C31H35N3O2/c1-4-26(22-32)16-15-24(2)10-9-19-34-20-17-28(18-21-34)31(23-33,27-11-6-5-7-12-27)29-13-8-14-30(29)36-25(3)35/h4-7,11-12,15-16,28-30H,1,8,13-14,17-21H2,2-3H3/b24-15+,26-16+/t29-,30-,31?/m0/s1. The third-order valence-electron chi connectivity index (χ3n) is 7.47. The van der Waals surface area contributed by atoms with E-state index in [9.17, 15) is 10.1 Å². The highest BCUT2D eigenvalue weighted by molar-refractivity contribution is 5.66. The van der Waals surface area contributed by atoms with Crippen molar-refractivity contribution in [1.82, 2.24) is 4.90 Å². The zero-order valence-electron chi connectivity index (χ0n) is 21.4.